The average molecular weight is 266 g/mol. The van der Waals surface area contributed by atoms with Crippen molar-refractivity contribution in [1.82, 2.24) is 5.32 Å². The van der Waals surface area contributed by atoms with Crippen LogP contribution in [0.5, 0.6) is 0 Å². The molecule has 2 rings (SSSR count). The van der Waals surface area contributed by atoms with E-state index in [1.807, 2.05) is 0 Å². The van der Waals surface area contributed by atoms with E-state index in [1.165, 1.54) is 24.0 Å². The fourth-order valence-electron chi connectivity index (χ4n) is 2.02. The Bertz CT molecular complexity index is 531. The summed E-state index contributed by atoms with van der Waals surface area (Å²) in [7, 11) is 0. The second kappa shape index (κ2) is 4.97. The highest BCUT2D eigenvalue weighted by Gasteiger charge is 2.31. The maximum absolute atomic E-state index is 14.0. The zero-order valence-corrected chi connectivity index (χ0v) is 10.7. The maximum Gasteiger partial charge on any atom is 0.249 e. The van der Waals surface area contributed by atoms with Crippen LogP contribution < -0.4 is 10.2 Å². The Morgan fingerprint density at radius 1 is 1.47 bits per heavy atom. The Labute approximate surface area is 110 Å². The topological polar surface area (TPSA) is 69.6 Å². The molecule has 1 aliphatic rings. The Balaban J connectivity index is 2.35. The van der Waals surface area contributed by atoms with E-state index < -0.39 is 29.8 Å². The number of piperazine rings is 1. The van der Waals surface area contributed by atoms with E-state index in [9.17, 15) is 19.1 Å². The number of halogens is 1. The molecule has 0 radical (unpaired) electrons. The smallest absolute Gasteiger partial charge is 0.249 e. The van der Waals surface area contributed by atoms with Gasteiger partial charge < -0.3 is 10.0 Å². The van der Waals surface area contributed by atoms with E-state index in [0.29, 0.717) is 5.56 Å². The number of hydrogen-bond acceptors (Lipinski definition) is 4. The molecule has 1 aromatic rings. The van der Waals surface area contributed by atoms with Gasteiger partial charge in [-0.05, 0) is 31.5 Å². The molecule has 0 bridgehead atoms. The van der Waals surface area contributed by atoms with E-state index in [1.54, 1.807) is 13.0 Å². The molecular weight excluding hydrogens is 251 g/mol. The monoisotopic (exact) mass is 266 g/mol. The van der Waals surface area contributed by atoms with E-state index in [0.717, 1.165) is 0 Å². The van der Waals surface area contributed by atoms with Gasteiger partial charge in [-0.3, -0.25) is 14.9 Å². The van der Waals surface area contributed by atoms with E-state index in [4.69, 9.17) is 0 Å². The lowest BCUT2D eigenvalue weighted by molar-refractivity contribution is -0.132. The van der Waals surface area contributed by atoms with Gasteiger partial charge in [0.15, 0.2) is 0 Å². The zero-order chi connectivity index (χ0) is 14.2. The lowest BCUT2D eigenvalue weighted by Crippen LogP contribution is -2.57. The molecule has 2 unspecified atom stereocenters. The number of rotatable bonds is 2. The van der Waals surface area contributed by atoms with Gasteiger partial charge in [0.05, 0.1) is 18.3 Å². The molecule has 1 aromatic carbocycles. The van der Waals surface area contributed by atoms with Crippen LogP contribution in [0.25, 0.3) is 0 Å². The number of imide groups is 1. The van der Waals surface area contributed by atoms with Gasteiger partial charge in [0.1, 0.15) is 11.9 Å². The number of anilines is 1. The van der Waals surface area contributed by atoms with Crippen molar-refractivity contribution in [3.05, 3.63) is 29.6 Å². The third kappa shape index (κ3) is 2.58. The van der Waals surface area contributed by atoms with Crippen molar-refractivity contribution in [1.29, 1.82) is 0 Å². The molecule has 19 heavy (non-hydrogen) atoms. The molecule has 6 heteroatoms. The number of hydrogen-bond donors (Lipinski definition) is 2. The molecular formula is C13H15FN2O3. The molecule has 1 heterocycles. The van der Waals surface area contributed by atoms with Gasteiger partial charge >= 0.3 is 0 Å². The molecule has 0 aliphatic carbocycles. The van der Waals surface area contributed by atoms with Crippen LogP contribution in [0.15, 0.2) is 18.2 Å². The fourth-order valence-corrected chi connectivity index (χ4v) is 2.02. The van der Waals surface area contributed by atoms with Crippen LogP contribution in [-0.2, 0) is 9.59 Å². The first-order valence-electron chi connectivity index (χ1n) is 5.98. The molecule has 2 N–H and O–H groups in total. The van der Waals surface area contributed by atoms with E-state index in [2.05, 4.69) is 5.32 Å². The minimum Gasteiger partial charge on any atom is -0.389 e. The molecule has 5 nitrogen and oxygen atoms in total. The highest BCUT2D eigenvalue weighted by molar-refractivity contribution is 6.04. The average Bonchev–Trinajstić information content (AvgIpc) is 2.33. The number of carbonyl (C=O) groups is 2. The minimum absolute atomic E-state index is 0.0716. The number of nitrogens with zero attached hydrogens (tertiary/aromatic N) is 1. The molecule has 2 amide bonds. The summed E-state index contributed by atoms with van der Waals surface area (Å²) in [6, 6.07) is 3.64. The van der Waals surface area contributed by atoms with Crippen LogP contribution in [0, 0.1) is 5.82 Å². The van der Waals surface area contributed by atoms with Crippen molar-refractivity contribution >= 4 is 17.5 Å². The minimum atomic E-state index is -0.771. The van der Waals surface area contributed by atoms with Crippen molar-refractivity contribution in [2.45, 2.75) is 26.0 Å². The quantitative estimate of drug-likeness (QED) is 0.774. The standard InChI is InChI=1S/C13H15FN2O3/c1-7-13(19)15-12(18)6-16(7)11-4-3-9(8(2)17)5-10(11)14/h3-5,7-8,17H,6H2,1-2H3,(H,15,18,19). The molecule has 1 aliphatic heterocycles. The first-order chi connectivity index (χ1) is 8.90. The Morgan fingerprint density at radius 2 is 2.16 bits per heavy atom. The second-order valence-electron chi connectivity index (χ2n) is 4.60. The van der Waals surface area contributed by atoms with Gasteiger partial charge in [0.2, 0.25) is 11.8 Å². The number of aliphatic hydroxyl groups is 1. The van der Waals surface area contributed by atoms with Gasteiger partial charge in [-0.2, -0.15) is 0 Å². The summed E-state index contributed by atoms with van der Waals surface area (Å²) in [5.41, 5.74) is 0.627. The van der Waals surface area contributed by atoms with Crippen LogP contribution in [-0.4, -0.2) is 29.5 Å². The molecule has 1 fully saturated rings. The predicted octanol–water partition coefficient (Wildman–Crippen LogP) is 0.730. The van der Waals surface area contributed by atoms with Gasteiger partial charge in [-0.1, -0.05) is 6.07 Å². The third-order valence-electron chi connectivity index (χ3n) is 3.19. The van der Waals surface area contributed by atoms with E-state index in [-0.39, 0.29) is 12.2 Å². The van der Waals surface area contributed by atoms with Crippen molar-refractivity contribution in [2.75, 3.05) is 11.4 Å². The van der Waals surface area contributed by atoms with Crippen molar-refractivity contribution < 1.29 is 19.1 Å². The molecule has 2 atom stereocenters. The summed E-state index contributed by atoms with van der Waals surface area (Å²) in [6.07, 6.45) is -0.771. The zero-order valence-electron chi connectivity index (χ0n) is 10.7. The highest BCUT2D eigenvalue weighted by Crippen LogP contribution is 2.25. The lowest BCUT2D eigenvalue weighted by Gasteiger charge is -2.33. The highest BCUT2D eigenvalue weighted by atomic mass is 19.1. The third-order valence-corrected chi connectivity index (χ3v) is 3.19. The number of carbonyl (C=O) groups excluding carboxylic acids is 2. The summed E-state index contributed by atoms with van der Waals surface area (Å²) in [6.45, 7) is 3.07. The lowest BCUT2D eigenvalue weighted by atomic mass is 10.1. The number of amides is 2. The second-order valence-corrected chi connectivity index (χ2v) is 4.60. The SMILES string of the molecule is CC(O)c1ccc(N2CC(=O)NC(=O)C2C)c(F)c1. The van der Waals surface area contributed by atoms with Crippen molar-refractivity contribution in [3.63, 3.8) is 0 Å². The molecule has 0 saturated carbocycles. The summed E-state index contributed by atoms with van der Waals surface area (Å²) < 4.78 is 14.0. The fraction of sp³-hybridized carbons (Fsp3) is 0.385. The Hall–Kier alpha value is -1.95. The van der Waals surface area contributed by atoms with Crippen LogP contribution in [0.2, 0.25) is 0 Å². The first kappa shape index (κ1) is 13.5. The Kier molecular flexibility index (Phi) is 3.53. The first-order valence-corrected chi connectivity index (χ1v) is 5.98. The number of aliphatic hydroxyl groups excluding tert-OH is 1. The normalized spacial score (nSPS) is 21.3. The molecule has 0 spiro atoms. The summed E-state index contributed by atoms with van der Waals surface area (Å²) in [5.74, 6) is -1.47. The number of nitrogens with one attached hydrogen (secondary N) is 1. The van der Waals surface area contributed by atoms with Gasteiger partial charge in [0.25, 0.3) is 0 Å². The Morgan fingerprint density at radius 3 is 2.74 bits per heavy atom. The maximum atomic E-state index is 14.0. The number of benzene rings is 1. The van der Waals surface area contributed by atoms with Gasteiger partial charge in [-0.15, -0.1) is 0 Å². The molecule has 0 aromatic heterocycles. The summed E-state index contributed by atoms with van der Waals surface area (Å²) >= 11 is 0. The predicted molar refractivity (Wildman–Crippen MR) is 67.0 cm³/mol. The van der Waals surface area contributed by atoms with Gasteiger partial charge in [0, 0.05) is 0 Å². The molecule has 1 saturated heterocycles. The van der Waals surface area contributed by atoms with Crippen LogP contribution >= 0.6 is 0 Å². The molecule has 102 valence electrons. The summed E-state index contributed by atoms with van der Waals surface area (Å²) in [5, 5.41) is 11.6. The van der Waals surface area contributed by atoms with Gasteiger partial charge in [-0.25, -0.2) is 4.39 Å². The van der Waals surface area contributed by atoms with Crippen molar-refractivity contribution in [3.8, 4) is 0 Å². The van der Waals surface area contributed by atoms with Crippen molar-refractivity contribution in [2.24, 2.45) is 0 Å². The van der Waals surface area contributed by atoms with Crippen LogP contribution in [0.3, 0.4) is 0 Å². The largest absolute Gasteiger partial charge is 0.389 e. The van der Waals surface area contributed by atoms with Crippen LogP contribution in [0.4, 0.5) is 10.1 Å². The van der Waals surface area contributed by atoms with E-state index >= 15 is 0 Å². The van der Waals surface area contributed by atoms with Crippen LogP contribution in [0.1, 0.15) is 25.5 Å². The summed E-state index contributed by atoms with van der Waals surface area (Å²) in [4.78, 5) is 24.3.